The van der Waals surface area contributed by atoms with Gasteiger partial charge in [0.2, 0.25) is 0 Å². The second-order valence-electron chi connectivity index (χ2n) is 5.88. The van der Waals surface area contributed by atoms with E-state index >= 15 is 0 Å². The van der Waals surface area contributed by atoms with Gasteiger partial charge in [-0.2, -0.15) is 0 Å². The van der Waals surface area contributed by atoms with E-state index < -0.39 is 0 Å². The van der Waals surface area contributed by atoms with Gasteiger partial charge in [-0.05, 0) is 43.3 Å². The van der Waals surface area contributed by atoms with Crippen molar-refractivity contribution in [3.05, 3.63) is 58.3 Å². The van der Waals surface area contributed by atoms with Crippen LogP contribution in [0, 0.1) is 0 Å². The van der Waals surface area contributed by atoms with E-state index in [1.165, 1.54) is 23.3 Å². The predicted octanol–water partition coefficient (Wildman–Crippen LogP) is 3.72. The Balaban J connectivity index is 1.66. The lowest BCUT2D eigenvalue weighted by Gasteiger charge is -2.29. The lowest BCUT2D eigenvalue weighted by Crippen LogP contribution is -2.37. The van der Waals surface area contributed by atoms with Crippen LogP contribution in [0.5, 0.6) is 0 Å². The van der Waals surface area contributed by atoms with Gasteiger partial charge in [0, 0.05) is 30.1 Å². The monoisotopic (exact) mass is 300 g/mol. The zero-order valence-corrected chi connectivity index (χ0v) is 13.5. The lowest BCUT2D eigenvalue weighted by atomic mass is 10.1. The minimum absolute atomic E-state index is 0.458. The highest BCUT2D eigenvalue weighted by molar-refractivity contribution is 7.09. The van der Waals surface area contributed by atoms with Crippen molar-refractivity contribution in [2.75, 3.05) is 19.6 Å². The third-order valence-corrected chi connectivity index (χ3v) is 5.36. The maximum Gasteiger partial charge on any atom is 0.0449 e. The number of nitrogens with one attached hydrogen (secondary N) is 1. The first-order valence-electron chi connectivity index (χ1n) is 7.87. The van der Waals surface area contributed by atoms with Gasteiger partial charge >= 0.3 is 0 Å². The molecular formula is C18H24N2S. The van der Waals surface area contributed by atoms with Crippen LogP contribution in [0.25, 0.3) is 0 Å². The number of benzene rings is 1. The van der Waals surface area contributed by atoms with E-state index in [1.807, 2.05) is 11.3 Å². The molecule has 0 spiro atoms. The summed E-state index contributed by atoms with van der Waals surface area (Å²) >= 11 is 1.87. The largest absolute Gasteiger partial charge is 0.309 e. The molecule has 1 fully saturated rings. The maximum absolute atomic E-state index is 3.71. The van der Waals surface area contributed by atoms with Crippen molar-refractivity contribution in [3.8, 4) is 0 Å². The molecule has 0 amide bonds. The minimum atomic E-state index is 0.458. The molecule has 0 bridgehead atoms. The van der Waals surface area contributed by atoms with Crippen molar-refractivity contribution in [3.63, 3.8) is 0 Å². The molecule has 2 atom stereocenters. The summed E-state index contributed by atoms with van der Waals surface area (Å²) < 4.78 is 0. The highest BCUT2D eigenvalue weighted by Crippen LogP contribution is 2.20. The molecular weight excluding hydrogens is 276 g/mol. The topological polar surface area (TPSA) is 15.3 Å². The molecule has 2 heterocycles. The van der Waals surface area contributed by atoms with Gasteiger partial charge in [0.15, 0.2) is 0 Å². The third kappa shape index (κ3) is 3.94. The van der Waals surface area contributed by atoms with E-state index in [4.69, 9.17) is 0 Å². The summed E-state index contributed by atoms with van der Waals surface area (Å²) in [6, 6.07) is 16.4. The standard InChI is InChI=1S/C18H24N2S/c1-15-9-11-19-18(16-6-3-2-4-7-16)14-20(15)12-10-17-8-5-13-21-17/h2-8,13,15,18-19H,9-12,14H2,1H3. The maximum atomic E-state index is 3.71. The van der Waals surface area contributed by atoms with Crippen LogP contribution in [0.1, 0.15) is 29.8 Å². The quantitative estimate of drug-likeness (QED) is 0.926. The second-order valence-corrected chi connectivity index (χ2v) is 6.91. The second kappa shape index (κ2) is 7.21. The van der Waals surface area contributed by atoms with E-state index in [1.54, 1.807) is 0 Å². The summed E-state index contributed by atoms with van der Waals surface area (Å²) in [4.78, 5) is 4.15. The van der Waals surface area contributed by atoms with Crippen LogP contribution in [0.4, 0.5) is 0 Å². The molecule has 21 heavy (non-hydrogen) atoms. The van der Waals surface area contributed by atoms with Crippen molar-refractivity contribution < 1.29 is 0 Å². The first-order valence-corrected chi connectivity index (χ1v) is 8.75. The summed E-state index contributed by atoms with van der Waals surface area (Å²) in [6.45, 7) is 5.74. The van der Waals surface area contributed by atoms with E-state index in [9.17, 15) is 0 Å². The fourth-order valence-corrected chi connectivity index (χ4v) is 3.76. The number of nitrogens with zero attached hydrogens (tertiary/aromatic N) is 1. The Morgan fingerprint density at radius 2 is 2.05 bits per heavy atom. The Hall–Kier alpha value is -1.16. The average Bonchev–Trinajstić information content (AvgIpc) is 2.97. The first-order chi connectivity index (χ1) is 10.3. The number of hydrogen-bond acceptors (Lipinski definition) is 3. The minimum Gasteiger partial charge on any atom is -0.309 e. The zero-order chi connectivity index (χ0) is 14.5. The van der Waals surface area contributed by atoms with Crippen LogP contribution in [-0.4, -0.2) is 30.6 Å². The highest BCUT2D eigenvalue weighted by atomic mass is 32.1. The molecule has 2 aromatic rings. The first kappa shape index (κ1) is 14.8. The van der Waals surface area contributed by atoms with Crippen LogP contribution in [0.15, 0.2) is 47.8 Å². The molecule has 1 aromatic carbocycles. The van der Waals surface area contributed by atoms with Gasteiger partial charge in [-0.3, -0.25) is 4.90 Å². The normalized spacial score (nSPS) is 23.9. The van der Waals surface area contributed by atoms with Crippen LogP contribution in [-0.2, 0) is 6.42 Å². The van der Waals surface area contributed by atoms with Crippen molar-refractivity contribution in [2.24, 2.45) is 0 Å². The predicted molar refractivity (Wildman–Crippen MR) is 90.9 cm³/mol. The number of rotatable bonds is 4. The molecule has 112 valence electrons. The fourth-order valence-electron chi connectivity index (χ4n) is 3.06. The van der Waals surface area contributed by atoms with E-state index in [-0.39, 0.29) is 0 Å². The van der Waals surface area contributed by atoms with Crippen LogP contribution < -0.4 is 5.32 Å². The molecule has 1 aliphatic heterocycles. The molecule has 3 rings (SSSR count). The molecule has 0 saturated carbocycles. The molecule has 1 N–H and O–H groups in total. The van der Waals surface area contributed by atoms with Crippen LogP contribution in [0.3, 0.4) is 0 Å². The van der Waals surface area contributed by atoms with Gasteiger partial charge < -0.3 is 5.32 Å². The molecule has 1 aliphatic rings. The van der Waals surface area contributed by atoms with Crippen LogP contribution >= 0.6 is 11.3 Å². The van der Waals surface area contributed by atoms with Crippen molar-refractivity contribution >= 4 is 11.3 Å². The fraction of sp³-hybridized carbons (Fsp3) is 0.444. The van der Waals surface area contributed by atoms with Gasteiger partial charge in [0.05, 0.1) is 0 Å². The molecule has 2 unspecified atom stereocenters. The Bertz CT molecular complexity index is 523. The Labute approximate surface area is 131 Å². The molecule has 3 heteroatoms. The van der Waals surface area contributed by atoms with E-state index in [2.05, 4.69) is 65.0 Å². The van der Waals surface area contributed by atoms with Gasteiger partial charge in [0.25, 0.3) is 0 Å². The van der Waals surface area contributed by atoms with Crippen molar-refractivity contribution in [1.29, 1.82) is 0 Å². The molecule has 0 radical (unpaired) electrons. The van der Waals surface area contributed by atoms with Crippen molar-refractivity contribution in [2.45, 2.75) is 31.8 Å². The Morgan fingerprint density at radius 1 is 1.19 bits per heavy atom. The van der Waals surface area contributed by atoms with Crippen LogP contribution in [0.2, 0.25) is 0 Å². The Kier molecular flexibility index (Phi) is 5.07. The lowest BCUT2D eigenvalue weighted by molar-refractivity contribution is 0.208. The number of hydrogen-bond donors (Lipinski definition) is 1. The van der Waals surface area contributed by atoms with E-state index in [0.29, 0.717) is 12.1 Å². The van der Waals surface area contributed by atoms with Gasteiger partial charge in [0.1, 0.15) is 0 Å². The van der Waals surface area contributed by atoms with Gasteiger partial charge in [-0.15, -0.1) is 11.3 Å². The average molecular weight is 300 g/mol. The van der Waals surface area contributed by atoms with E-state index in [0.717, 1.165) is 19.6 Å². The Morgan fingerprint density at radius 3 is 2.81 bits per heavy atom. The summed E-state index contributed by atoms with van der Waals surface area (Å²) in [5, 5.41) is 5.89. The summed E-state index contributed by atoms with van der Waals surface area (Å²) in [5.74, 6) is 0. The highest BCUT2D eigenvalue weighted by Gasteiger charge is 2.23. The molecule has 1 saturated heterocycles. The molecule has 0 aliphatic carbocycles. The van der Waals surface area contributed by atoms with Gasteiger partial charge in [-0.1, -0.05) is 36.4 Å². The third-order valence-electron chi connectivity index (χ3n) is 4.42. The summed E-state index contributed by atoms with van der Waals surface area (Å²) in [7, 11) is 0. The van der Waals surface area contributed by atoms with Gasteiger partial charge in [-0.25, -0.2) is 0 Å². The molecule has 2 nitrogen and oxygen atoms in total. The summed E-state index contributed by atoms with van der Waals surface area (Å²) in [6.07, 6.45) is 2.40. The number of thiophene rings is 1. The summed E-state index contributed by atoms with van der Waals surface area (Å²) in [5.41, 5.74) is 1.41. The SMILES string of the molecule is CC1CCNC(c2ccccc2)CN1CCc1cccs1. The molecule has 1 aromatic heterocycles. The smallest absolute Gasteiger partial charge is 0.0449 e. The van der Waals surface area contributed by atoms with Crippen molar-refractivity contribution in [1.82, 2.24) is 10.2 Å². The zero-order valence-electron chi connectivity index (χ0n) is 12.7.